The molecule has 108 valence electrons. The average molecular weight is 289 g/mol. The lowest BCUT2D eigenvalue weighted by molar-refractivity contribution is -0.133. The SMILES string of the molecule is CN(C)C(=O)N1CCN(C(=O)CSCC(=O)O)CC1. The Morgan fingerprint density at radius 1 is 1.05 bits per heavy atom. The summed E-state index contributed by atoms with van der Waals surface area (Å²) >= 11 is 1.10. The third kappa shape index (κ3) is 4.98. The standard InChI is InChI=1S/C11H19N3O4S/c1-12(2)11(18)14-5-3-13(4-6-14)9(15)7-19-8-10(16)17/h3-8H2,1-2H3,(H,16,17). The average Bonchev–Trinajstić information content (AvgIpc) is 2.37. The fraction of sp³-hybridized carbons (Fsp3) is 0.727. The molecule has 3 amide bonds. The van der Waals surface area contributed by atoms with E-state index in [0.29, 0.717) is 26.2 Å². The molecule has 0 aromatic carbocycles. The van der Waals surface area contributed by atoms with Crippen molar-refractivity contribution in [1.29, 1.82) is 0 Å². The third-order valence-electron chi connectivity index (χ3n) is 2.74. The molecule has 1 N–H and O–H groups in total. The van der Waals surface area contributed by atoms with E-state index >= 15 is 0 Å². The van der Waals surface area contributed by atoms with Crippen molar-refractivity contribution in [1.82, 2.24) is 14.7 Å². The van der Waals surface area contributed by atoms with Crippen molar-refractivity contribution in [2.24, 2.45) is 0 Å². The van der Waals surface area contributed by atoms with Crippen LogP contribution in [0.1, 0.15) is 0 Å². The van der Waals surface area contributed by atoms with Gasteiger partial charge in [-0.05, 0) is 0 Å². The molecule has 0 bridgehead atoms. The number of carbonyl (C=O) groups is 3. The number of urea groups is 1. The van der Waals surface area contributed by atoms with E-state index in [4.69, 9.17) is 5.11 Å². The van der Waals surface area contributed by atoms with Gasteiger partial charge in [0.15, 0.2) is 0 Å². The predicted octanol–water partition coefficient (Wildman–Crippen LogP) is -0.370. The van der Waals surface area contributed by atoms with Crippen LogP contribution in [0.25, 0.3) is 0 Å². The van der Waals surface area contributed by atoms with Crippen molar-refractivity contribution in [2.45, 2.75) is 0 Å². The summed E-state index contributed by atoms with van der Waals surface area (Å²) in [6, 6.07) is -0.0487. The Bertz CT molecular complexity index is 354. The Morgan fingerprint density at radius 2 is 1.58 bits per heavy atom. The number of amides is 3. The van der Waals surface area contributed by atoms with Gasteiger partial charge in [-0.2, -0.15) is 0 Å². The minimum atomic E-state index is -0.917. The second-order valence-corrected chi connectivity index (χ2v) is 5.42. The first-order chi connectivity index (χ1) is 8.91. The van der Waals surface area contributed by atoms with E-state index in [1.165, 1.54) is 4.90 Å². The zero-order valence-corrected chi connectivity index (χ0v) is 12.0. The molecular weight excluding hydrogens is 270 g/mol. The molecular formula is C11H19N3O4S. The summed E-state index contributed by atoms with van der Waals surface area (Å²) in [6.45, 7) is 2.05. The molecule has 0 aromatic heterocycles. The van der Waals surface area contributed by atoms with Gasteiger partial charge in [0, 0.05) is 40.3 Å². The summed E-state index contributed by atoms with van der Waals surface area (Å²) in [7, 11) is 3.39. The summed E-state index contributed by atoms with van der Waals surface area (Å²) < 4.78 is 0. The fourth-order valence-electron chi connectivity index (χ4n) is 1.75. The number of hydrogen-bond donors (Lipinski definition) is 1. The number of rotatable bonds is 4. The van der Waals surface area contributed by atoms with Crippen molar-refractivity contribution in [3.05, 3.63) is 0 Å². The lowest BCUT2D eigenvalue weighted by Gasteiger charge is -2.35. The Kier molecular flexibility index (Phi) is 5.94. The summed E-state index contributed by atoms with van der Waals surface area (Å²) in [5, 5.41) is 8.49. The smallest absolute Gasteiger partial charge is 0.319 e. The molecule has 19 heavy (non-hydrogen) atoms. The molecule has 7 nitrogen and oxygen atoms in total. The summed E-state index contributed by atoms with van der Waals surface area (Å²) in [6.07, 6.45) is 0. The first kappa shape index (κ1) is 15.6. The largest absolute Gasteiger partial charge is 0.481 e. The van der Waals surface area contributed by atoms with Gasteiger partial charge < -0.3 is 19.8 Å². The Hall–Kier alpha value is -1.44. The summed E-state index contributed by atoms with van der Waals surface area (Å²) in [5.74, 6) is -0.874. The van der Waals surface area contributed by atoms with Crippen LogP contribution in [0.4, 0.5) is 4.79 Å². The molecule has 0 aliphatic carbocycles. The highest BCUT2D eigenvalue weighted by atomic mass is 32.2. The molecule has 1 heterocycles. The number of thioether (sulfide) groups is 1. The Morgan fingerprint density at radius 3 is 2.05 bits per heavy atom. The van der Waals surface area contributed by atoms with Gasteiger partial charge in [-0.1, -0.05) is 0 Å². The van der Waals surface area contributed by atoms with Crippen LogP contribution in [0.3, 0.4) is 0 Å². The van der Waals surface area contributed by atoms with Gasteiger partial charge in [-0.3, -0.25) is 9.59 Å². The molecule has 1 saturated heterocycles. The number of aliphatic carboxylic acids is 1. The van der Waals surface area contributed by atoms with Gasteiger partial charge in [0.05, 0.1) is 11.5 Å². The highest BCUT2D eigenvalue weighted by molar-refractivity contribution is 8.00. The molecule has 8 heteroatoms. The lowest BCUT2D eigenvalue weighted by Crippen LogP contribution is -2.53. The summed E-state index contributed by atoms with van der Waals surface area (Å²) in [5.41, 5.74) is 0. The first-order valence-corrected chi connectivity index (χ1v) is 7.11. The minimum Gasteiger partial charge on any atom is -0.481 e. The lowest BCUT2D eigenvalue weighted by atomic mass is 10.3. The van der Waals surface area contributed by atoms with E-state index in [2.05, 4.69) is 0 Å². The van der Waals surface area contributed by atoms with Crippen molar-refractivity contribution < 1.29 is 19.5 Å². The number of carboxylic acid groups (broad SMARTS) is 1. The van der Waals surface area contributed by atoms with Gasteiger partial charge in [0.1, 0.15) is 0 Å². The van der Waals surface area contributed by atoms with Gasteiger partial charge in [0.2, 0.25) is 5.91 Å². The maximum Gasteiger partial charge on any atom is 0.319 e. The van der Waals surface area contributed by atoms with Gasteiger partial charge in [-0.25, -0.2) is 4.79 Å². The predicted molar refractivity (Wildman–Crippen MR) is 72.2 cm³/mol. The fourth-order valence-corrected chi connectivity index (χ4v) is 2.38. The van der Waals surface area contributed by atoms with Crippen LogP contribution in [-0.4, -0.2) is 89.5 Å². The molecule has 0 unspecified atom stereocenters. The van der Waals surface area contributed by atoms with E-state index in [1.807, 2.05) is 0 Å². The molecule has 0 aromatic rings. The van der Waals surface area contributed by atoms with Crippen LogP contribution in [0.2, 0.25) is 0 Å². The van der Waals surface area contributed by atoms with Crippen molar-refractivity contribution in [3.8, 4) is 0 Å². The van der Waals surface area contributed by atoms with Crippen LogP contribution in [-0.2, 0) is 9.59 Å². The van der Waals surface area contributed by atoms with Crippen LogP contribution >= 0.6 is 11.8 Å². The minimum absolute atomic E-state index is 0.0487. The maximum absolute atomic E-state index is 11.8. The molecule has 1 fully saturated rings. The monoisotopic (exact) mass is 289 g/mol. The number of hydrogen-bond acceptors (Lipinski definition) is 4. The zero-order valence-electron chi connectivity index (χ0n) is 11.2. The number of nitrogens with zero attached hydrogens (tertiary/aromatic N) is 3. The first-order valence-electron chi connectivity index (χ1n) is 5.95. The Labute approximate surface area is 116 Å². The number of carbonyl (C=O) groups excluding carboxylic acids is 2. The second-order valence-electron chi connectivity index (χ2n) is 4.43. The Balaban J connectivity index is 2.31. The quantitative estimate of drug-likeness (QED) is 0.763. The van der Waals surface area contributed by atoms with Crippen molar-refractivity contribution in [3.63, 3.8) is 0 Å². The molecule has 0 spiro atoms. The van der Waals surface area contributed by atoms with Crippen LogP contribution < -0.4 is 0 Å². The topological polar surface area (TPSA) is 81.2 Å². The van der Waals surface area contributed by atoms with Crippen molar-refractivity contribution in [2.75, 3.05) is 51.8 Å². The highest BCUT2D eigenvalue weighted by Gasteiger charge is 2.24. The van der Waals surface area contributed by atoms with Gasteiger partial charge in [0.25, 0.3) is 0 Å². The molecule has 1 aliphatic heterocycles. The molecule has 1 rings (SSSR count). The van der Waals surface area contributed by atoms with Crippen LogP contribution in [0.5, 0.6) is 0 Å². The molecule has 0 radical (unpaired) electrons. The molecule has 1 aliphatic rings. The van der Waals surface area contributed by atoms with Crippen LogP contribution in [0, 0.1) is 0 Å². The van der Waals surface area contributed by atoms with E-state index in [1.54, 1.807) is 23.9 Å². The van der Waals surface area contributed by atoms with E-state index in [0.717, 1.165) is 11.8 Å². The summed E-state index contributed by atoms with van der Waals surface area (Å²) in [4.78, 5) is 38.7. The van der Waals surface area contributed by atoms with Gasteiger partial charge >= 0.3 is 12.0 Å². The van der Waals surface area contributed by atoms with Crippen LogP contribution in [0.15, 0.2) is 0 Å². The number of piperazine rings is 1. The van der Waals surface area contributed by atoms with Crippen molar-refractivity contribution >= 4 is 29.7 Å². The van der Waals surface area contributed by atoms with E-state index in [9.17, 15) is 14.4 Å². The zero-order chi connectivity index (χ0) is 14.4. The molecule has 0 saturated carbocycles. The highest BCUT2D eigenvalue weighted by Crippen LogP contribution is 2.08. The molecule has 0 atom stereocenters. The van der Waals surface area contributed by atoms with E-state index < -0.39 is 5.97 Å². The third-order valence-corrected chi connectivity index (χ3v) is 3.64. The van der Waals surface area contributed by atoms with E-state index in [-0.39, 0.29) is 23.4 Å². The van der Waals surface area contributed by atoms with Gasteiger partial charge in [-0.15, -0.1) is 11.8 Å². The normalized spacial score (nSPS) is 15.3. The second kappa shape index (κ2) is 7.22. The number of carboxylic acids is 1. The maximum atomic E-state index is 11.8.